The highest BCUT2D eigenvalue weighted by molar-refractivity contribution is 5.81. The van der Waals surface area contributed by atoms with Crippen LogP contribution >= 0.6 is 0 Å². The summed E-state index contributed by atoms with van der Waals surface area (Å²) in [4.78, 5) is 11.4. The highest BCUT2D eigenvalue weighted by Crippen LogP contribution is 2.34. The maximum absolute atomic E-state index is 5.51. The van der Waals surface area contributed by atoms with Gasteiger partial charge in [-0.1, -0.05) is 24.3 Å². The number of fused-ring (bicyclic) bond motifs is 1. The number of imidazole rings is 1. The molecular weight excluding hydrogens is 378 g/mol. The normalized spacial score (nSPS) is 14.1. The van der Waals surface area contributed by atoms with Crippen molar-refractivity contribution in [2.45, 2.75) is 0 Å². The van der Waals surface area contributed by atoms with Gasteiger partial charge in [0, 0.05) is 36.7 Å². The largest absolute Gasteiger partial charge is 0.495 e. The molecular formula is C23H23N5O2. The molecule has 0 atom stereocenters. The summed E-state index contributed by atoms with van der Waals surface area (Å²) in [5.74, 6) is 1.64. The summed E-state index contributed by atoms with van der Waals surface area (Å²) in [5, 5.41) is 3.51. The van der Waals surface area contributed by atoms with E-state index in [0.717, 1.165) is 60.5 Å². The Morgan fingerprint density at radius 2 is 1.83 bits per heavy atom. The van der Waals surface area contributed by atoms with Crippen molar-refractivity contribution in [1.29, 1.82) is 0 Å². The average molecular weight is 401 g/mol. The molecule has 0 amide bonds. The maximum atomic E-state index is 5.51. The highest BCUT2D eigenvalue weighted by atomic mass is 16.5. The van der Waals surface area contributed by atoms with E-state index in [1.54, 1.807) is 19.5 Å². The standard InChI is InChI=1S/C23H23N5O2/c1-29-20-5-3-2-4-19(20)25-23-22(26-21-16-24-10-11-28(21)23)17-6-8-18(9-7-17)27-12-14-30-15-13-27/h2-11,16,25H,12-15H2,1H3. The van der Waals surface area contributed by atoms with Gasteiger partial charge in [0.05, 0.1) is 32.2 Å². The van der Waals surface area contributed by atoms with Gasteiger partial charge in [-0.15, -0.1) is 0 Å². The van der Waals surface area contributed by atoms with Gasteiger partial charge in [0.2, 0.25) is 0 Å². The van der Waals surface area contributed by atoms with Gasteiger partial charge in [-0.3, -0.25) is 9.38 Å². The Hall–Kier alpha value is -3.58. The molecule has 2 aromatic heterocycles. The molecule has 1 fully saturated rings. The lowest BCUT2D eigenvalue weighted by Crippen LogP contribution is -2.36. The predicted octanol–water partition coefficient (Wildman–Crippen LogP) is 3.99. The number of hydrogen-bond donors (Lipinski definition) is 1. The van der Waals surface area contributed by atoms with Crippen LogP contribution in [0.3, 0.4) is 0 Å². The van der Waals surface area contributed by atoms with Crippen molar-refractivity contribution in [3.05, 3.63) is 67.1 Å². The van der Waals surface area contributed by atoms with Crippen LogP contribution in [0, 0.1) is 0 Å². The molecule has 1 aliphatic rings. The number of nitrogens with zero attached hydrogens (tertiary/aromatic N) is 4. The van der Waals surface area contributed by atoms with Gasteiger partial charge in [0.1, 0.15) is 17.3 Å². The van der Waals surface area contributed by atoms with Crippen LogP contribution in [-0.4, -0.2) is 47.8 Å². The van der Waals surface area contributed by atoms with Crippen molar-refractivity contribution >= 4 is 22.8 Å². The molecule has 4 aromatic rings. The molecule has 3 heterocycles. The fourth-order valence-corrected chi connectivity index (χ4v) is 3.75. The van der Waals surface area contributed by atoms with Crippen LogP contribution in [-0.2, 0) is 4.74 Å². The molecule has 0 spiro atoms. The lowest BCUT2D eigenvalue weighted by atomic mass is 10.1. The first-order valence-electron chi connectivity index (χ1n) is 9.99. The second-order valence-corrected chi connectivity index (χ2v) is 7.09. The zero-order valence-electron chi connectivity index (χ0n) is 16.8. The first-order valence-corrected chi connectivity index (χ1v) is 9.99. The third-order valence-electron chi connectivity index (χ3n) is 5.31. The van der Waals surface area contributed by atoms with Gasteiger partial charge in [-0.05, 0) is 24.3 Å². The smallest absolute Gasteiger partial charge is 0.157 e. The Bertz CT molecular complexity index is 1150. The summed E-state index contributed by atoms with van der Waals surface area (Å²) in [6.45, 7) is 3.38. The summed E-state index contributed by atoms with van der Waals surface area (Å²) in [6, 6.07) is 16.4. The van der Waals surface area contributed by atoms with Crippen molar-refractivity contribution in [2.75, 3.05) is 43.6 Å². The lowest BCUT2D eigenvalue weighted by molar-refractivity contribution is 0.122. The molecule has 0 radical (unpaired) electrons. The third kappa shape index (κ3) is 3.44. The Kier molecular flexibility index (Phi) is 4.94. The number of rotatable bonds is 5. The second-order valence-electron chi connectivity index (χ2n) is 7.09. The first-order chi connectivity index (χ1) is 14.8. The van der Waals surface area contributed by atoms with E-state index in [1.165, 1.54) is 5.69 Å². The van der Waals surface area contributed by atoms with Crippen molar-refractivity contribution in [3.63, 3.8) is 0 Å². The van der Waals surface area contributed by atoms with Crippen LogP contribution in [0.25, 0.3) is 16.9 Å². The zero-order valence-corrected chi connectivity index (χ0v) is 16.8. The van der Waals surface area contributed by atoms with E-state index in [0.29, 0.717) is 0 Å². The minimum absolute atomic E-state index is 0.772. The van der Waals surface area contributed by atoms with Crippen molar-refractivity contribution in [1.82, 2.24) is 14.4 Å². The number of benzene rings is 2. The summed E-state index contributed by atoms with van der Waals surface area (Å²) in [5.41, 5.74) is 4.76. The molecule has 0 saturated carbocycles. The van der Waals surface area contributed by atoms with Crippen LogP contribution in [0.5, 0.6) is 5.75 Å². The van der Waals surface area contributed by atoms with Gasteiger partial charge in [0.25, 0.3) is 0 Å². The molecule has 0 aliphatic carbocycles. The zero-order chi connectivity index (χ0) is 20.3. The van der Waals surface area contributed by atoms with Crippen LogP contribution < -0.4 is 15.0 Å². The third-order valence-corrected chi connectivity index (χ3v) is 5.31. The minimum Gasteiger partial charge on any atom is -0.495 e. The van der Waals surface area contributed by atoms with Gasteiger partial charge < -0.3 is 19.7 Å². The van der Waals surface area contributed by atoms with Gasteiger partial charge in [-0.25, -0.2) is 4.98 Å². The monoisotopic (exact) mass is 401 g/mol. The lowest BCUT2D eigenvalue weighted by Gasteiger charge is -2.28. The number of anilines is 3. The van der Waals surface area contributed by atoms with Gasteiger partial charge in [0.15, 0.2) is 5.65 Å². The van der Waals surface area contributed by atoms with Crippen LogP contribution in [0.15, 0.2) is 67.1 Å². The second kappa shape index (κ2) is 8.04. The van der Waals surface area contributed by atoms with Crippen molar-refractivity contribution in [2.24, 2.45) is 0 Å². The quantitative estimate of drug-likeness (QED) is 0.546. The molecule has 1 aliphatic heterocycles. The Morgan fingerprint density at radius 3 is 2.63 bits per heavy atom. The van der Waals surface area contributed by atoms with E-state index in [2.05, 4.69) is 39.5 Å². The van der Waals surface area contributed by atoms with E-state index in [1.807, 2.05) is 34.9 Å². The Labute approximate surface area is 174 Å². The van der Waals surface area contributed by atoms with E-state index in [9.17, 15) is 0 Å². The molecule has 0 bridgehead atoms. The molecule has 30 heavy (non-hydrogen) atoms. The van der Waals surface area contributed by atoms with Crippen molar-refractivity contribution < 1.29 is 9.47 Å². The predicted molar refractivity (Wildman–Crippen MR) is 118 cm³/mol. The number of hydrogen-bond acceptors (Lipinski definition) is 6. The fraction of sp³-hybridized carbons (Fsp3) is 0.217. The van der Waals surface area contributed by atoms with Gasteiger partial charge >= 0.3 is 0 Å². The molecule has 5 rings (SSSR count). The fourth-order valence-electron chi connectivity index (χ4n) is 3.75. The topological polar surface area (TPSA) is 63.9 Å². The summed E-state index contributed by atoms with van der Waals surface area (Å²) < 4.78 is 13.0. The molecule has 2 aromatic carbocycles. The molecule has 0 unspecified atom stereocenters. The van der Waals surface area contributed by atoms with Gasteiger partial charge in [-0.2, -0.15) is 0 Å². The van der Waals surface area contributed by atoms with Crippen LogP contribution in [0.2, 0.25) is 0 Å². The van der Waals surface area contributed by atoms with E-state index in [-0.39, 0.29) is 0 Å². The SMILES string of the molecule is COc1ccccc1Nc1c(-c2ccc(N3CCOCC3)cc2)nc2cnccn12. The number of nitrogens with one attached hydrogen (secondary N) is 1. The minimum atomic E-state index is 0.772. The van der Waals surface area contributed by atoms with Crippen molar-refractivity contribution in [3.8, 4) is 17.0 Å². The molecule has 152 valence electrons. The summed E-state index contributed by atoms with van der Waals surface area (Å²) in [6.07, 6.45) is 5.43. The Balaban J connectivity index is 1.55. The number of aromatic nitrogens is 3. The number of para-hydroxylation sites is 2. The number of methoxy groups -OCH3 is 1. The number of morpholine rings is 1. The molecule has 7 heteroatoms. The van der Waals surface area contributed by atoms with E-state index in [4.69, 9.17) is 14.5 Å². The summed E-state index contributed by atoms with van der Waals surface area (Å²) in [7, 11) is 1.67. The molecule has 1 N–H and O–H groups in total. The maximum Gasteiger partial charge on any atom is 0.157 e. The summed E-state index contributed by atoms with van der Waals surface area (Å²) >= 11 is 0. The number of ether oxygens (including phenoxy) is 2. The van der Waals surface area contributed by atoms with E-state index >= 15 is 0 Å². The molecule has 7 nitrogen and oxygen atoms in total. The molecule has 1 saturated heterocycles. The van der Waals surface area contributed by atoms with Crippen LogP contribution in [0.4, 0.5) is 17.2 Å². The van der Waals surface area contributed by atoms with E-state index < -0.39 is 0 Å². The first kappa shape index (κ1) is 18.4. The average Bonchev–Trinajstić information content (AvgIpc) is 3.18. The van der Waals surface area contributed by atoms with Crippen LogP contribution in [0.1, 0.15) is 0 Å². The highest BCUT2D eigenvalue weighted by Gasteiger charge is 2.17. The Morgan fingerprint density at radius 1 is 1.03 bits per heavy atom.